The first-order valence-electron chi connectivity index (χ1n) is 5.60. The lowest BCUT2D eigenvalue weighted by Crippen LogP contribution is -2.57. The number of amides is 1. The van der Waals surface area contributed by atoms with E-state index < -0.39 is 0 Å². The van der Waals surface area contributed by atoms with Crippen LogP contribution in [-0.4, -0.2) is 54.0 Å². The molecule has 0 aromatic rings. The molecular weight excluding hydrogens is 202 g/mol. The molecule has 1 aliphatic heterocycles. The van der Waals surface area contributed by atoms with E-state index in [9.17, 15) is 4.79 Å². The summed E-state index contributed by atoms with van der Waals surface area (Å²) in [5, 5.41) is 0. The Bertz CT molecular complexity index is 306. The third-order valence-corrected chi connectivity index (χ3v) is 3.00. The van der Waals surface area contributed by atoms with Gasteiger partial charge in [-0.2, -0.15) is 0 Å². The van der Waals surface area contributed by atoms with E-state index in [1.165, 1.54) is 6.08 Å². The summed E-state index contributed by atoms with van der Waals surface area (Å²) in [6, 6.07) is 0.480. The average molecular weight is 221 g/mol. The van der Waals surface area contributed by atoms with Gasteiger partial charge in [-0.25, -0.2) is 6.57 Å². The van der Waals surface area contributed by atoms with Crippen molar-refractivity contribution in [2.45, 2.75) is 25.9 Å². The predicted molar refractivity (Wildman–Crippen MR) is 63.9 cm³/mol. The Balaban J connectivity index is 2.71. The van der Waals surface area contributed by atoms with Crippen LogP contribution >= 0.6 is 0 Å². The van der Waals surface area contributed by atoms with E-state index in [1.807, 2.05) is 0 Å². The van der Waals surface area contributed by atoms with Crippen molar-refractivity contribution in [2.24, 2.45) is 0 Å². The van der Waals surface area contributed by atoms with Crippen molar-refractivity contribution < 1.29 is 4.79 Å². The van der Waals surface area contributed by atoms with Crippen molar-refractivity contribution in [1.29, 1.82) is 0 Å². The van der Waals surface area contributed by atoms with Gasteiger partial charge in [-0.1, -0.05) is 6.58 Å². The molecule has 1 heterocycles. The summed E-state index contributed by atoms with van der Waals surface area (Å²) in [7, 11) is 0. The first kappa shape index (κ1) is 12.7. The predicted octanol–water partition coefficient (Wildman–Crippen LogP) is 1.01. The number of nitrogens with zero attached hydrogens (tertiary/aromatic N) is 3. The minimum Gasteiger partial charge on any atom is -0.326 e. The SMILES string of the molecule is [C-]#[N+]C[C@H]1CN(C(C)C)CCN1C(=O)C=C. The Kier molecular flexibility index (Phi) is 4.51. The van der Waals surface area contributed by atoms with Gasteiger partial charge in [0.1, 0.15) is 6.04 Å². The molecule has 1 fully saturated rings. The lowest BCUT2D eigenvalue weighted by Gasteiger charge is -2.40. The summed E-state index contributed by atoms with van der Waals surface area (Å²) < 4.78 is 0. The zero-order chi connectivity index (χ0) is 12.1. The third kappa shape index (κ3) is 2.83. The van der Waals surface area contributed by atoms with Gasteiger partial charge in [-0.3, -0.25) is 9.69 Å². The number of carbonyl (C=O) groups excluding carboxylic acids is 1. The van der Waals surface area contributed by atoms with Gasteiger partial charge in [0.2, 0.25) is 12.5 Å². The molecule has 0 bridgehead atoms. The molecule has 1 rings (SSSR count). The van der Waals surface area contributed by atoms with E-state index >= 15 is 0 Å². The minimum atomic E-state index is -0.0583. The first-order valence-corrected chi connectivity index (χ1v) is 5.60. The molecule has 0 spiro atoms. The van der Waals surface area contributed by atoms with Gasteiger partial charge in [0.25, 0.3) is 0 Å². The summed E-state index contributed by atoms with van der Waals surface area (Å²) in [4.78, 5) is 19.1. The molecule has 88 valence electrons. The molecule has 0 saturated carbocycles. The van der Waals surface area contributed by atoms with Crippen LogP contribution in [0, 0.1) is 6.57 Å². The minimum absolute atomic E-state index is 0.0131. The van der Waals surface area contributed by atoms with Crippen LogP contribution in [0.3, 0.4) is 0 Å². The highest BCUT2D eigenvalue weighted by Gasteiger charge is 2.31. The van der Waals surface area contributed by atoms with E-state index in [0.717, 1.165) is 13.1 Å². The van der Waals surface area contributed by atoms with Crippen molar-refractivity contribution >= 4 is 5.91 Å². The topological polar surface area (TPSA) is 27.9 Å². The molecule has 0 aromatic carbocycles. The van der Waals surface area contributed by atoms with E-state index in [-0.39, 0.29) is 11.9 Å². The normalized spacial score (nSPS) is 21.9. The summed E-state index contributed by atoms with van der Waals surface area (Å²) in [6.07, 6.45) is 1.34. The summed E-state index contributed by atoms with van der Waals surface area (Å²) in [5.74, 6) is -0.0583. The number of rotatable bonds is 3. The highest BCUT2D eigenvalue weighted by Crippen LogP contribution is 2.13. The van der Waals surface area contributed by atoms with E-state index in [0.29, 0.717) is 19.1 Å². The van der Waals surface area contributed by atoms with Crippen molar-refractivity contribution in [2.75, 3.05) is 26.2 Å². The standard InChI is InChI=1S/C12H19N3O/c1-5-12(16)15-7-6-14(10(2)3)9-11(15)8-13-4/h5,10-11H,1,6-9H2,2-3H3/t11-/m0/s1. The van der Waals surface area contributed by atoms with Gasteiger partial charge in [0.15, 0.2) is 0 Å². The number of hydrogen-bond acceptors (Lipinski definition) is 2. The zero-order valence-electron chi connectivity index (χ0n) is 10.0. The molecule has 0 radical (unpaired) electrons. The quantitative estimate of drug-likeness (QED) is 0.525. The van der Waals surface area contributed by atoms with Crippen LogP contribution in [0.15, 0.2) is 12.7 Å². The number of carbonyl (C=O) groups is 1. The lowest BCUT2D eigenvalue weighted by molar-refractivity contribution is -0.130. The molecule has 1 aliphatic rings. The molecule has 0 aliphatic carbocycles. The fourth-order valence-electron chi connectivity index (χ4n) is 2.02. The third-order valence-electron chi connectivity index (χ3n) is 3.00. The van der Waals surface area contributed by atoms with Crippen LogP contribution in [-0.2, 0) is 4.79 Å². The Hall–Kier alpha value is -1.34. The molecule has 1 atom stereocenters. The molecule has 4 heteroatoms. The van der Waals surface area contributed by atoms with Gasteiger partial charge in [0.05, 0.1) is 0 Å². The average Bonchev–Trinajstić information content (AvgIpc) is 2.28. The van der Waals surface area contributed by atoms with Crippen LogP contribution < -0.4 is 0 Å². The molecule has 0 aromatic heterocycles. The van der Waals surface area contributed by atoms with E-state index in [4.69, 9.17) is 6.57 Å². The molecule has 1 amide bonds. The van der Waals surface area contributed by atoms with Gasteiger partial charge in [0, 0.05) is 25.7 Å². The van der Waals surface area contributed by atoms with Crippen molar-refractivity contribution in [3.8, 4) is 0 Å². The van der Waals surface area contributed by atoms with Gasteiger partial charge in [-0.15, -0.1) is 0 Å². The van der Waals surface area contributed by atoms with E-state index in [1.54, 1.807) is 4.90 Å². The fourth-order valence-corrected chi connectivity index (χ4v) is 2.02. The van der Waals surface area contributed by atoms with Crippen LogP contribution in [0.4, 0.5) is 0 Å². The second-order valence-electron chi connectivity index (χ2n) is 4.32. The number of hydrogen-bond donors (Lipinski definition) is 0. The maximum absolute atomic E-state index is 11.6. The lowest BCUT2D eigenvalue weighted by atomic mass is 10.1. The highest BCUT2D eigenvalue weighted by molar-refractivity contribution is 5.87. The van der Waals surface area contributed by atoms with Gasteiger partial charge in [-0.05, 0) is 19.9 Å². The molecule has 16 heavy (non-hydrogen) atoms. The zero-order valence-corrected chi connectivity index (χ0v) is 10.0. The summed E-state index contributed by atoms with van der Waals surface area (Å²) in [6.45, 7) is 17.5. The van der Waals surface area contributed by atoms with E-state index in [2.05, 4.69) is 30.2 Å². The molecule has 1 saturated heterocycles. The Labute approximate surface area is 97.3 Å². The van der Waals surface area contributed by atoms with Crippen molar-refractivity contribution in [3.63, 3.8) is 0 Å². The molecular formula is C12H19N3O. The van der Waals surface area contributed by atoms with Crippen molar-refractivity contribution in [1.82, 2.24) is 9.80 Å². The van der Waals surface area contributed by atoms with Crippen LogP contribution in [0.25, 0.3) is 4.85 Å². The second kappa shape index (κ2) is 5.66. The Morgan fingerprint density at radius 1 is 1.62 bits per heavy atom. The maximum Gasteiger partial charge on any atom is 0.246 e. The highest BCUT2D eigenvalue weighted by atomic mass is 16.2. The largest absolute Gasteiger partial charge is 0.326 e. The molecule has 4 nitrogen and oxygen atoms in total. The fraction of sp³-hybridized carbons (Fsp3) is 0.667. The Morgan fingerprint density at radius 2 is 2.31 bits per heavy atom. The summed E-state index contributed by atoms with van der Waals surface area (Å²) in [5.41, 5.74) is 0. The first-order chi connectivity index (χ1) is 7.60. The molecule has 0 unspecified atom stereocenters. The summed E-state index contributed by atoms with van der Waals surface area (Å²) >= 11 is 0. The van der Waals surface area contributed by atoms with Crippen LogP contribution in [0.2, 0.25) is 0 Å². The Morgan fingerprint density at radius 3 is 2.81 bits per heavy atom. The number of piperazine rings is 1. The van der Waals surface area contributed by atoms with Gasteiger partial charge >= 0.3 is 0 Å². The molecule has 0 N–H and O–H groups in total. The van der Waals surface area contributed by atoms with Crippen LogP contribution in [0.1, 0.15) is 13.8 Å². The monoisotopic (exact) mass is 221 g/mol. The van der Waals surface area contributed by atoms with Gasteiger partial charge < -0.3 is 9.74 Å². The van der Waals surface area contributed by atoms with Crippen LogP contribution in [0.5, 0.6) is 0 Å². The smallest absolute Gasteiger partial charge is 0.246 e. The van der Waals surface area contributed by atoms with Crippen molar-refractivity contribution in [3.05, 3.63) is 24.1 Å². The second-order valence-corrected chi connectivity index (χ2v) is 4.32. The maximum atomic E-state index is 11.6.